The molecule has 1 heterocycles. The summed E-state index contributed by atoms with van der Waals surface area (Å²) in [6, 6.07) is 13.2. The SMILES string of the molecule is CCOC(=O)C(c1ccc(F)cc1)n1cnc(NC(=O)[C@@H](CCCc2ccccc2)NC(=O)C(C)(C)NC(=O)OC(C)(C)C)c1. The largest absolute Gasteiger partial charge is 0.464 e. The first-order valence-corrected chi connectivity index (χ1v) is 14.8. The summed E-state index contributed by atoms with van der Waals surface area (Å²) in [7, 11) is 0. The fourth-order valence-corrected chi connectivity index (χ4v) is 4.43. The Bertz CT molecular complexity index is 1450. The summed E-state index contributed by atoms with van der Waals surface area (Å²) in [5.41, 5.74) is -0.609. The monoisotopic (exact) mass is 623 g/mol. The predicted molar refractivity (Wildman–Crippen MR) is 167 cm³/mol. The van der Waals surface area contributed by atoms with Crippen LogP contribution >= 0.6 is 0 Å². The zero-order chi connectivity index (χ0) is 33.2. The van der Waals surface area contributed by atoms with Crippen LogP contribution in [0, 0.1) is 5.82 Å². The van der Waals surface area contributed by atoms with E-state index in [-0.39, 0.29) is 18.8 Å². The number of amides is 3. The van der Waals surface area contributed by atoms with Crippen LogP contribution in [0.25, 0.3) is 0 Å². The number of nitrogens with zero attached hydrogens (tertiary/aromatic N) is 2. The van der Waals surface area contributed by atoms with Gasteiger partial charge >= 0.3 is 12.1 Å². The average molecular weight is 624 g/mol. The van der Waals surface area contributed by atoms with Crippen molar-refractivity contribution in [3.8, 4) is 0 Å². The van der Waals surface area contributed by atoms with Crippen molar-refractivity contribution in [1.29, 1.82) is 0 Å². The molecule has 45 heavy (non-hydrogen) atoms. The number of hydrogen-bond donors (Lipinski definition) is 3. The molecule has 1 unspecified atom stereocenters. The molecule has 3 amide bonds. The molecule has 0 saturated heterocycles. The van der Waals surface area contributed by atoms with Crippen molar-refractivity contribution in [2.24, 2.45) is 0 Å². The van der Waals surface area contributed by atoms with Gasteiger partial charge in [-0.3, -0.25) is 9.59 Å². The van der Waals surface area contributed by atoms with Gasteiger partial charge in [-0.05, 0) is 84.1 Å². The lowest BCUT2D eigenvalue weighted by atomic mass is 10.0. The number of alkyl carbamates (subject to hydrolysis) is 1. The molecule has 2 aromatic carbocycles. The van der Waals surface area contributed by atoms with Crippen molar-refractivity contribution in [3.05, 3.63) is 84.1 Å². The highest BCUT2D eigenvalue weighted by molar-refractivity contribution is 5.98. The maximum atomic E-state index is 13.6. The molecule has 0 aliphatic rings. The average Bonchev–Trinajstić information content (AvgIpc) is 3.40. The minimum absolute atomic E-state index is 0.129. The number of anilines is 1. The number of aromatic nitrogens is 2. The van der Waals surface area contributed by atoms with Gasteiger partial charge in [0.1, 0.15) is 23.0 Å². The molecular formula is C33H42FN5O6. The van der Waals surface area contributed by atoms with Crippen LogP contribution in [0.3, 0.4) is 0 Å². The van der Waals surface area contributed by atoms with Gasteiger partial charge in [0.15, 0.2) is 11.9 Å². The Kier molecular flexibility index (Phi) is 11.8. The van der Waals surface area contributed by atoms with Crippen molar-refractivity contribution in [1.82, 2.24) is 20.2 Å². The molecule has 3 aromatic rings. The standard InChI is InChI=1S/C33H42FN5O6/c1-7-44-29(41)27(23-16-18-24(34)19-17-23)39-20-26(35-21-39)37-28(40)25(15-11-14-22-12-9-8-10-13-22)36-30(42)33(5,6)38-31(43)45-32(2,3)4/h8-10,12-13,16-21,25,27H,7,11,14-15H2,1-6H3,(H,36,42)(H,37,40)(H,38,43)/t25-,27?/m1/s1. The Balaban J connectivity index is 1.78. The normalized spacial score (nSPS) is 12.9. The Labute approximate surface area is 262 Å². The maximum Gasteiger partial charge on any atom is 0.408 e. The molecule has 2 atom stereocenters. The smallest absolute Gasteiger partial charge is 0.408 e. The van der Waals surface area contributed by atoms with E-state index in [0.717, 1.165) is 5.56 Å². The van der Waals surface area contributed by atoms with Gasteiger partial charge in [-0.1, -0.05) is 42.5 Å². The number of nitrogens with one attached hydrogen (secondary N) is 3. The van der Waals surface area contributed by atoms with Crippen molar-refractivity contribution in [2.75, 3.05) is 11.9 Å². The minimum atomic E-state index is -1.40. The predicted octanol–water partition coefficient (Wildman–Crippen LogP) is 4.92. The van der Waals surface area contributed by atoms with Crippen LogP contribution in [0.5, 0.6) is 0 Å². The first-order chi connectivity index (χ1) is 21.2. The van der Waals surface area contributed by atoms with E-state index in [4.69, 9.17) is 9.47 Å². The van der Waals surface area contributed by atoms with Gasteiger partial charge < -0.3 is 30.0 Å². The molecule has 242 valence electrons. The van der Waals surface area contributed by atoms with E-state index >= 15 is 0 Å². The van der Waals surface area contributed by atoms with E-state index in [1.54, 1.807) is 27.7 Å². The number of aryl methyl sites for hydroxylation is 1. The first-order valence-electron chi connectivity index (χ1n) is 14.8. The van der Waals surface area contributed by atoms with Crippen LogP contribution in [0.15, 0.2) is 67.1 Å². The minimum Gasteiger partial charge on any atom is -0.464 e. The molecule has 1 aromatic heterocycles. The Morgan fingerprint density at radius 1 is 0.978 bits per heavy atom. The van der Waals surface area contributed by atoms with Gasteiger partial charge in [0, 0.05) is 6.20 Å². The maximum absolute atomic E-state index is 13.6. The second-order valence-corrected chi connectivity index (χ2v) is 12.1. The van der Waals surface area contributed by atoms with E-state index < -0.39 is 52.9 Å². The highest BCUT2D eigenvalue weighted by Gasteiger charge is 2.34. The summed E-state index contributed by atoms with van der Waals surface area (Å²) in [4.78, 5) is 56.3. The topological polar surface area (TPSA) is 141 Å². The van der Waals surface area contributed by atoms with Gasteiger partial charge in [-0.15, -0.1) is 0 Å². The summed E-state index contributed by atoms with van der Waals surface area (Å²) in [5, 5.41) is 8.03. The number of benzene rings is 2. The van der Waals surface area contributed by atoms with Gasteiger partial charge in [0.2, 0.25) is 11.8 Å². The quantitative estimate of drug-likeness (QED) is 0.230. The number of hydrogen-bond acceptors (Lipinski definition) is 7. The van der Waals surface area contributed by atoms with Crippen molar-refractivity contribution in [2.45, 2.75) is 84.0 Å². The van der Waals surface area contributed by atoms with Gasteiger partial charge in [-0.2, -0.15) is 0 Å². The number of imidazole rings is 1. The van der Waals surface area contributed by atoms with Gasteiger partial charge in [0.25, 0.3) is 0 Å². The zero-order valence-electron chi connectivity index (χ0n) is 26.6. The van der Waals surface area contributed by atoms with Crippen LogP contribution in [-0.4, -0.2) is 57.2 Å². The number of rotatable bonds is 13. The molecule has 0 saturated carbocycles. The van der Waals surface area contributed by atoms with E-state index in [2.05, 4.69) is 20.9 Å². The second-order valence-electron chi connectivity index (χ2n) is 12.1. The molecule has 11 nitrogen and oxygen atoms in total. The summed E-state index contributed by atoms with van der Waals surface area (Å²) in [6.07, 6.45) is 3.59. The van der Waals surface area contributed by atoms with Crippen molar-refractivity contribution < 1.29 is 33.0 Å². The fraction of sp³-hybridized carbons (Fsp3) is 0.424. The molecule has 0 fully saturated rings. The van der Waals surface area contributed by atoms with Gasteiger partial charge in [-0.25, -0.2) is 19.0 Å². The summed E-state index contributed by atoms with van der Waals surface area (Å²) < 4.78 is 25.5. The number of halogens is 1. The Morgan fingerprint density at radius 2 is 1.64 bits per heavy atom. The molecule has 0 aliphatic heterocycles. The van der Waals surface area contributed by atoms with Crippen molar-refractivity contribution >= 4 is 29.7 Å². The summed E-state index contributed by atoms with van der Waals surface area (Å²) in [6.45, 7) is 9.97. The van der Waals surface area contributed by atoms with Crippen LogP contribution in [-0.2, 0) is 30.3 Å². The lowest BCUT2D eigenvalue weighted by Crippen LogP contribution is -2.58. The van der Waals surface area contributed by atoms with E-state index in [9.17, 15) is 23.6 Å². The highest BCUT2D eigenvalue weighted by atomic mass is 19.1. The molecule has 0 bridgehead atoms. The van der Waals surface area contributed by atoms with Crippen LogP contribution < -0.4 is 16.0 Å². The summed E-state index contributed by atoms with van der Waals surface area (Å²) in [5.74, 6) is -2.03. The second kappa shape index (κ2) is 15.3. The third-order valence-electron chi connectivity index (χ3n) is 6.65. The molecule has 0 spiro atoms. The Morgan fingerprint density at radius 3 is 2.27 bits per heavy atom. The third kappa shape index (κ3) is 10.7. The lowest BCUT2D eigenvalue weighted by molar-refractivity contribution is -0.145. The molecule has 12 heteroatoms. The van der Waals surface area contributed by atoms with E-state index in [1.165, 1.54) is 55.2 Å². The molecule has 3 N–H and O–H groups in total. The fourth-order valence-electron chi connectivity index (χ4n) is 4.43. The number of carbonyl (C=O) groups excluding carboxylic acids is 4. The van der Waals surface area contributed by atoms with E-state index in [0.29, 0.717) is 18.4 Å². The molecular weight excluding hydrogens is 581 g/mol. The van der Waals surface area contributed by atoms with Gasteiger partial charge in [0.05, 0.1) is 12.9 Å². The third-order valence-corrected chi connectivity index (χ3v) is 6.65. The van der Waals surface area contributed by atoms with E-state index in [1.807, 2.05) is 30.3 Å². The first kappa shape index (κ1) is 34.7. The van der Waals surface area contributed by atoms with Crippen LogP contribution in [0.4, 0.5) is 15.0 Å². The number of esters is 1. The van der Waals surface area contributed by atoms with Crippen molar-refractivity contribution in [3.63, 3.8) is 0 Å². The van der Waals surface area contributed by atoms with Crippen LogP contribution in [0.2, 0.25) is 0 Å². The van der Waals surface area contributed by atoms with Crippen LogP contribution in [0.1, 0.15) is 71.6 Å². The summed E-state index contributed by atoms with van der Waals surface area (Å²) >= 11 is 0. The molecule has 3 rings (SSSR count). The highest BCUT2D eigenvalue weighted by Crippen LogP contribution is 2.23. The Hall–Kier alpha value is -4.74. The zero-order valence-corrected chi connectivity index (χ0v) is 26.6. The number of ether oxygens (including phenoxy) is 2. The molecule has 0 radical (unpaired) electrons. The lowest BCUT2D eigenvalue weighted by Gasteiger charge is -2.29. The molecule has 0 aliphatic carbocycles. The number of carbonyl (C=O) groups is 4.